The number of amides is 3. The molecule has 0 bridgehead atoms. The van der Waals surface area contributed by atoms with Crippen LogP contribution < -0.4 is 16.4 Å². The van der Waals surface area contributed by atoms with Crippen molar-refractivity contribution < 1.29 is 34.5 Å². The van der Waals surface area contributed by atoms with Gasteiger partial charge in [-0.2, -0.15) is 0 Å². The Balaban J connectivity index is 2.06. The zero-order chi connectivity index (χ0) is 23.8. The summed E-state index contributed by atoms with van der Waals surface area (Å²) >= 11 is 0. The van der Waals surface area contributed by atoms with Crippen LogP contribution in [-0.4, -0.2) is 87.3 Å². The topological polar surface area (TPSA) is 182 Å². The molecule has 11 nitrogen and oxygen atoms in total. The summed E-state index contributed by atoms with van der Waals surface area (Å²) < 4.78 is 0. The highest BCUT2D eigenvalue weighted by atomic mass is 16.4. The number of nitrogens with two attached hydrogens (primary N) is 1. The maximum Gasteiger partial charge on any atom is 0.328 e. The molecule has 1 heterocycles. The van der Waals surface area contributed by atoms with Gasteiger partial charge in [0.15, 0.2) is 0 Å². The first-order valence-electron chi connectivity index (χ1n) is 10.4. The van der Waals surface area contributed by atoms with Gasteiger partial charge in [0.1, 0.15) is 18.1 Å². The number of benzene rings is 1. The summed E-state index contributed by atoms with van der Waals surface area (Å²) in [6.07, 6.45) is -0.262. The first kappa shape index (κ1) is 25.2. The molecule has 7 N–H and O–H groups in total. The fourth-order valence-electron chi connectivity index (χ4n) is 3.54. The SMILES string of the molecule is CC(O)C(NC(=O)C(N)Cc1ccccc1)C(=O)N1CCCC1C(=O)NC(CO)C(=O)O. The number of hydrogen-bond donors (Lipinski definition) is 6. The maximum atomic E-state index is 13.1. The largest absolute Gasteiger partial charge is 0.480 e. The van der Waals surface area contributed by atoms with Crippen LogP contribution in [0.5, 0.6) is 0 Å². The fourth-order valence-corrected chi connectivity index (χ4v) is 3.54. The van der Waals surface area contributed by atoms with Crippen molar-refractivity contribution in [3.8, 4) is 0 Å². The van der Waals surface area contributed by atoms with Crippen molar-refractivity contribution in [2.45, 2.75) is 56.5 Å². The van der Waals surface area contributed by atoms with Gasteiger partial charge < -0.3 is 36.6 Å². The van der Waals surface area contributed by atoms with Crippen LogP contribution >= 0.6 is 0 Å². The third kappa shape index (κ3) is 6.49. The average molecular weight is 450 g/mol. The lowest BCUT2D eigenvalue weighted by molar-refractivity contribution is -0.146. The van der Waals surface area contributed by atoms with Crippen molar-refractivity contribution in [2.75, 3.05) is 13.2 Å². The number of nitrogens with zero attached hydrogens (tertiary/aromatic N) is 1. The minimum absolute atomic E-state index is 0.197. The summed E-state index contributed by atoms with van der Waals surface area (Å²) in [7, 11) is 0. The number of carboxylic acid groups (broad SMARTS) is 1. The Bertz CT molecular complexity index is 818. The van der Waals surface area contributed by atoms with E-state index in [2.05, 4.69) is 10.6 Å². The molecule has 2 rings (SSSR count). The predicted molar refractivity (Wildman–Crippen MR) is 113 cm³/mol. The zero-order valence-electron chi connectivity index (χ0n) is 17.8. The van der Waals surface area contributed by atoms with Gasteiger partial charge in [-0.15, -0.1) is 0 Å². The molecule has 0 aromatic heterocycles. The highest BCUT2D eigenvalue weighted by molar-refractivity contribution is 5.94. The van der Waals surface area contributed by atoms with Crippen LogP contribution in [0.25, 0.3) is 0 Å². The van der Waals surface area contributed by atoms with E-state index < -0.39 is 60.6 Å². The molecule has 5 unspecified atom stereocenters. The van der Waals surface area contributed by atoms with Gasteiger partial charge in [-0.3, -0.25) is 14.4 Å². The van der Waals surface area contributed by atoms with Crippen LogP contribution in [0.3, 0.4) is 0 Å². The Morgan fingerprint density at radius 1 is 1.19 bits per heavy atom. The Kier molecular flexibility index (Phi) is 9.12. The van der Waals surface area contributed by atoms with E-state index in [0.29, 0.717) is 6.42 Å². The van der Waals surface area contributed by atoms with E-state index in [1.54, 1.807) is 0 Å². The summed E-state index contributed by atoms with van der Waals surface area (Å²) in [6, 6.07) is 4.33. The van der Waals surface area contributed by atoms with Crippen molar-refractivity contribution in [3.05, 3.63) is 35.9 Å². The van der Waals surface area contributed by atoms with Gasteiger partial charge in [-0.1, -0.05) is 30.3 Å². The van der Waals surface area contributed by atoms with E-state index in [0.717, 1.165) is 5.56 Å². The second-order valence-corrected chi connectivity index (χ2v) is 7.79. The van der Waals surface area contributed by atoms with E-state index >= 15 is 0 Å². The third-order valence-electron chi connectivity index (χ3n) is 5.32. The lowest BCUT2D eigenvalue weighted by atomic mass is 10.0. The molecule has 176 valence electrons. The van der Waals surface area contributed by atoms with Crippen LogP contribution in [0, 0.1) is 0 Å². The van der Waals surface area contributed by atoms with Crippen LogP contribution in [-0.2, 0) is 25.6 Å². The smallest absolute Gasteiger partial charge is 0.328 e. The second-order valence-electron chi connectivity index (χ2n) is 7.79. The Hall–Kier alpha value is -3.02. The van der Waals surface area contributed by atoms with Crippen molar-refractivity contribution in [2.24, 2.45) is 5.73 Å². The quantitative estimate of drug-likeness (QED) is 0.236. The number of carboxylic acids is 1. The number of aliphatic hydroxyl groups is 2. The van der Waals surface area contributed by atoms with Gasteiger partial charge in [-0.25, -0.2) is 4.79 Å². The monoisotopic (exact) mass is 450 g/mol. The number of carbonyl (C=O) groups excluding carboxylic acids is 3. The molecule has 1 aliphatic rings. The molecule has 1 saturated heterocycles. The van der Waals surface area contributed by atoms with Gasteiger partial charge in [-0.05, 0) is 31.7 Å². The van der Waals surface area contributed by atoms with E-state index in [-0.39, 0.29) is 19.4 Å². The Morgan fingerprint density at radius 3 is 2.41 bits per heavy atom. The molecule has 0 radical (unpaired) electrons. The number of aliphatic hydroxyl groups excluding tert-OH is 2. The molecular formula is C21H30N4O7. The molecule has 3 amide bonds. The van der Waals surface area contributed by atoms with E-state index in [4.69, 9.17) is 15.9 Å². The summed E-state index contributed by atoms with van der Waals surface area (Å²) in [4.78, 5) is 50.4. The maximum absolute atomic E-state index is 13.1. The average Bonchev–Trinajstić information content (AvgIpc) is 3.25. The predicted octanol–water partition coefficient (Wildman–Crippen LogP) is -2.03. The van der Waals surface area contributed by atoms with Crippen molar-refractivity contribution in [1.82, 2.24) is 15.5 Å². The summed E-state index contributed by atoms with van der Waals surface area (Å²) in [5, 5.41) is 32.9. The first-order valence-corrected chi connectivity index (χ1v) is 10.4. The molecule has 1 fully saturated rings. The lowest BCUT2D eigenvalue weighted by Gasteiger charge is -2.31. The highest BCUT2D eigenvalue weighted by Crippen LogP contribution is 2.20. The zero-order valence-corrected chi connectivity index (χ0v) is 17.8. The molecule has 1 aromatic rings. The number of aliphatic carboxylic acids is 1. The van der Waals surface area contributed by atoms with Gasteiger partial charge in [0.05, 0.1) is 18.8 Å². The summed E-state index contributed by atoms with van der Waals surface area (Å²) in [5.74, 6) is -3.43. The third-order valence-corrected chi connectivity index (χ3v) is 5.32. The number of rotatable bonds is 10. The summed E-state index contributed by atoms with van der Waals surface area (Å²) in [6.45, 7) is 0.735. The molecule has 11 heteroatoms. The van der Waals surface area contributed by atoms with Crippen LogP contribution in [0.4, 0.5) is 0 Å². The van der Waals surface area contributed by atoms with Gasteiger partial charge >= 0.3 is 5.97 Å². The Labute approximate surface area is 185 Å². The summed E-state index contributed by atoms with van der Waals surface area (Å²) in [5.41, 5.74) is 6.80. The van der Waals surface area contributed by atoms with Crippen LogP contribution in [0.15, 0.2) is 30.3 Å². The van der Waals surface area contributed by atoms with Crippen molar-refractivity contribution in [3.63, 3.8) is 0 Å². The normalized spacial score (nSPS) is 19.5. The molecule has 1 aliphatic heterocycles. The van der Waals surface area contributed by atoms with Gasteiger partial charge in [0.2, 0.25) is 17.7 Å². The molecule has 0 saturated carbocycles. The molecule has 1 aromatic carbocycles. The minimum Gasteiger partial charge on any atom is -0.480 e. The second kappa shape index (κ2) is 11.6. The lowest BCUT2D eigenvalue weighted by Crippen LogP contribution is -2.59. The van der Waals surface area contributed by atoms with Crippen LogP contribution in [0.1, 0.15) is 25.3 Å². The van der Waals surface area contributed by atoms with Crippen LogP contribution in [0.2, 0.25) is 0 Å². The molecule has 5 atom stereocenters. The van der Waals surface area contributed by atoms with E-state index in [9.17, 15) is 24.3 Å². The van der Waals surface area contributed by atoms with E-state index in [1.807, 2.05) is 30.3 Å². The molecule has 32 heavy (non-hydrogen) atoms. The Morgan fingerprint density at radius 2 is 1.84 bits per heavy atom. The van der Waals surface area contributed by atoms with E-state index in [1.165, 1.54) is 11.8 Å². The standard InChI is InChI=1S/C21H30N4O7/c1-12(27)17(24-18(28)14(22)10-13-6-3-2-4-7-13)20(30)25-9-5-8-16(25)19(29)23-15(11-26)21(31)32/h2-4,6-7,12,14-17,26-27H,5,8-11,22H2,1H3,(H,23,29)(H,24,28)(H,31,32). The number of carbonyl (C=O) groups is 4. The van der Waals surface area contributed by atoms with Crippen molar-refractivity contribution in [1.29, 1.82) is 0 Å². The molecule has 0 aliphatic carbocycles. The fraction of sp³-hybridized carbons (Fsp3) is 0.524. The van der Waals surface area contributed by atoms with Gasteiger partial charge in [0, 0.05) is 6.54 Å². The molecular weight excluding hydrogens is 420 g/mol. The molecule has 0 spiro atoms. The van der Waals surface area contributed by atoms with Crippen molar-refractivity contribution >= 4 is 23.7 Å². The number of nitrogens with one attached hydrogen (secondary N) is 2. The van der Waals surface area contributed by atoms with Gasteiger partial charge in [0.25, 0.3) is 0 Å². The number of likely N-dealkylation sites (tertiary alicyclic amines) is 1. The number of hydrogen-bond acceptors (Lipinski definition) is 7. The highest BCUT2D eigenvalue weighted by Gasteiger charge is 2.40. The first-order chi connectivity index (χ1) is 15.1. The minimum atomic E-state index is -1.50.